The van der Waals surface area contributed by atoms with Crippen LogP contribution in [-0.2, 0) is 0 Å². The van der Waals surface area contributed by atoms with Crippen molar-refractivity contribution in [1.82, 2.24) is 5.01 Å². The maximum Gasteiger partial charge on any atom is 0.0362 e. The van der Waals surface area contributed by atoms with Crippen LogP contribution in [0.15, 0.2) is 5.10 Å². The normalized spacial score (nSPS) is 26.6. The summed E-state index contributed by atoms with van der Waals surface area (Å²) in [5, 5.41) is 6.55. The molecule has 3 aliphatic heterocycles. The summed E-state index contributed by atoms with van der Waals surface area (Å²) in [4.78, 5) is 0. The van der Waals surface area contributed by atoms with Gasteiger partial charge in [-0.05, 0) is 31.6 Å². The molecule has 1 fully saturated rings. The minimum Gasteiger partial charge on any atom is -0.297 e. The Morgan fingerprint density at radius 1 is 1.20 bits per heavy atom. The van der Waals surface area contributed by atoms with Gasteiger partial charge in [0.15, 0.2) is 0 Å². The first-order chi connectivity index (χ1) is 4.95. The van der Waals surface area contributed by atoms with E-state index in [0.717, 1.165) is 5.92 Å². The van der Waals surface area contributed by atoms with Gasteiger partial charge >= 0.3 is 0 Å². The van der Waals surface area contributed by atoms with Gasteiger partial charge in [-0.2, -0.15) is 5.10 Å². The number of hydrogen-bond donors (Lipinski definition) is 0. The molecule has 3 aliphatic rings. The Hall–Kier alpha value is -0.530. The Kier molecular flexibility index (Phi) is 1.61. The lowest BCUT2D eigenvalue weighted by Gasteiger charge is -2.31. The van der Waals surface area contributed by atoms with Crippen LogP contribution in [0.1, 0.15) is 25.7 Å². The van der Waals surface area contributed by atoms with Crippen molar-refractivity contribution in [1.29, 1.82) is 0 Å². The Morgan fingerprint density at radius 2 is 2.00 bits per heavy atom. The molecule has 0 saturated carbocycles. The zero-order valence-corrected chi connectivity index (χ0v) is 6.29. The van der Waals surface area contributed by atoms with E-state index >= 15 is 0 Å². The molecule has 2 heteroatoms. The molecular formula is C8H14N2. The van der Waals surface area contributed by atoms with Crippen molar-refractivity contribution in [3.8, 4) is 0 Å². The lowest BCUT2D eigenvalue weighted by molar-refractivity contribution is 0.180. The summed E-state index contributed by atoms with van der Waals surface area (Å²) < 4.78 is 0. The molecular weight excluding hydrogens is 124 g/mol. The van der Waals surface area contributed by atoms with Gasteiger partial charge in [-0.25, -0.2) is 0 Å². The van der Waals surface area contributed by atoms with Crippen LogP contribution in [0.3, 0.4) is 0 Å². The van der Waals surface area contributed by atoms with E-state index in [1.54, 1.807) is 0 Å². The molecule has 0 N–H and O–H groups in total. The first-order valence-electron chi connectivity index (χ1n) is 4.22. The molecule has 56 valence electrons. The molecule has 10 heavy (non-hydrogen) atoms. The van der Waals surface area contributed by atoms with Crippen LogP contribution >= 0.6 is 0 Å². The van der Waals surface area contributed by atoms with E-state index in [2.05, 4.69) is 16.3 Å². The van der Waals surface area contributed by atoms with Crippen molar-refractivity contribution >= 4 is 6.21 Å². The first kappa shape index (κ1) is 6.20. The fourth-order valence-corrected chi connectivity index (χ4v) is 1.81. The quantitative estimate of drug-likeness (QED) is 0.495. The van der Waals surface area contributed by atoms with Crippen LogP contribution in [0, 0.1) is 5.92 Å². The standard InChI is InChI=1S/C8H14N2/c1-2-8-3-6-10(7-4-8)9-5-1/h5,8H,1-4,6-7H2. The van der Waals surface area contributed by atoms with Crippen molar-refractivity contribution < 1.29 is 0 Å². The van der Waals surface area contributed by atoms with Crippen LogP contribution in [0.2, 0.25) is 0 Å². The Bertz CT molecular complexity index is 134. The average molecular weight is 138 g/mol. The van der Waals surface area contributed by atoms with E-state index in [0.29, 0.717) is 0 Å². The van der Waals surface area contributed by atoms with Crippen LogP contribution in [-0.4, -0.2) is 24.3 Å². The second kappa shape index (κ2) is 2.60. The van der Waals surface area contributed by atoms with Crippen LogP contribution < -0.4 is 0 Å². The van der Waals surface area contributed by atoms with Gasteiger partial charge in [-0.15, -0.1) is 0 Å². The maximum atomic E-state index is 4.35. The van der Waals surface area contributed by atoms with E-state index < -0.39 is 0 Å². The van der Waals surface area contributed by atoms with Crippen LogP contribution in [0.4, 0.5) is 0 Å². The number of hydrogen-bond acceptors (Lipinski definition) is 2. The summed E-state index contributed by atoms with van der Waals surface area (Å²) >= 11 is 0. The fraction of sp³-hybridized carbons (Fsp3) is 0.875. The molecule has 1 saturated heterocycles. The topological polar surface area (TPSA) is 15.6 Å². The molecule has 0 spiro atoms. The molecule has 2 nitrogen and oxygen atoms in total. The number of piperidine rings is 1. The summed E-state index contributed by atoms with van der Waals surface area (Å²) in [6.07, 6.45) is 7.39. The molecule has 3 rings (SSSR count). The second-order valence-corrected chi connectivity index (χ2v) is 3.27. The molecule has 0 unspecified atom stereocenters. The smallest absolute Gasteiger partial charge is 0.0362 e. The summed E-state index contributed by atoms with van der Waals surface area (Å²) in [5.74, 6) is 1.00. The lowest BCUT2D eigenvalue weighted by Crippen LogP contribution is -2.31. The number of fused-ring (bicyclic) bond motifs is 4. The zero-order chi connectivity index (χ0) is 6.81. The number of hydrazone groups is 1. The minimum absolute atomic E-state index is 1.00. The summed E-state index contributed by atoms with van der Waals surface area (Å²) in [6, 6.07) is 0. The van der Waals surface area contributed by atoms with E-state index in [1.807, 2.05) is 0 Å². The SMILES string of the molecule is C1=NN2CCC(CC1)CC2. The Morgan fingerprint density at radius 3 is 2.80 bits per heavy atom. The fourth-order valence-electron chi connectivity index (χ4n) is 1.81. The highest BCUT2D eigenvalue weighted by Crippen LogP contribution is 2.23. The van der Waals surface area contributed by atoms with E-state index in [1.165, 1.54) is 38.8 Å². The van der Waals surface area contributed by atoms with Crippen molar-refractivity contribution in [3.05, 3.63) is 0 Å². The predicted molar refractivity (Wildman–Crippen MR) is 42.0 cm³/mol. The van der Waals surface area contributed by atoms with E-state index in [-0.39, 0.29) is 0 Å². The van der Waals surface area contributed by atoms with Crippen molar-refractivity contribution in [2.45, 2.75) is 25.7 Å². The van der Waals surface area contributed by atoms with Crippen molar-refractivity contribution in [3.63, 3.8) is 0 Å². The molecule has 0 atom stereocenters. The van der Waals surface area contributed by atoms with E-state index in [4.69, 9.17) is 0 Å². The van der Waals surface area contributed by atoms with Gasteiger partial charge in [0.1, 0.15) is 0 Å². The summed E-state index contributed by atoms with van der Waals surface area (Å²) in [5.41, 5.74) is 0. The third-order valence-corrected chi connectivity index (χ3v) is 2.54. The van der Waals surface area contributed by atoms with Crippen LogP contribution in [0.25, 0.3) is 0 Å². The number of nitrogens with zero attached hydrogens (tertiary/aromatic N) is 2. The summed E-state index contributed by atoms with van der Waals surface area (Å²) in [7, 11) is 0. The second-order valence-electron chi connectivity index (χ2n) is 3.27. The minimum atomic E-state index is 1.00. The summed E-state index contributed by atoms with van der Waals surface area (Å²) in [6.45, 7) is 2.39. The molecule has 0 aromatic rings. The van der Waals surface area contributed by atoms with Crippen LogP contribution in [0.5, 0.6) is 0 Å². The van der Waals surface area contributed by atoms with Crippen molar-refractivity contribution in [2.75, 3.05) is 13.1 Å². The largest absolute Gasteiger partial charge is 0.297 e. The van der Waals surface area contributed by atoms with Gasteiger partial charge < -0.3 is 0 Å². The van der Waals surface area contributed by atoms with Gasteiger partial charge in [0.2, 0.25) is 0 Å². The van der Waals surface area contributed by atoms with Gasteiger partial charge in [-0.3, -0.25) is 5.01 Å². The highest BCUT2D eigenvalue weighted by atomic mass is 15.4. The Balaban J connectivity index is 2.07. The molecule has 0 aromatic carbocycles. The highest BCUT2D eigenvalue weighted by molar-refractivity contribution is 5.56. The lowest BCUT2D eigenvalue weighted by atomic mass is 9.92. The molecule has 0 aliphatic carbocycles. The van der Waals surface area contributed by atoms with E-state index in [9.17, 15) is 0 Å². The van der Waals surface area contributed by atoms with Gasteiger partial charge in [0, 0.05) is 19.3 Å². The number of rotatable bonds is 0. The van der Waals surface area contributed by atoms with Crippen molar-refractivity contribution in [2.24, 2.45) is 11.0 Å². The molecule has 3 heterocycles. The van der Waals surface area contributed by atoms with Gasteiger partial charge in [-0.1, -0.05) is 0 Å². The molecule has 0 radical (unpaired) electrons. The molecule has 0 aromatic heterocycles. The maximum absolute atomic E-state index is 4.35. The highest BCUT2D eigenvalue weighted by Gasteiger charge is 2.18. The third-order valence-electron chi connectivity index (χ3n) is 2.54. The van der Waals surface area contributed by atoms with Gasteiger partial charge in [0.05, 0.1) is 0 Å². The average Bonchev–Trinajstić information content (AvgIpc) is 1.89. The predicted octanol–water partition coefficient (Wildman–Crippen LogP) is 1.48. The molecule has 0 amide bonds. The monoisotopic (exact) mass is 138 g/mol. The Labute approximate surface area is 61.9 Å². The third kappa shape index (κ3) is 1.15. The zero-order valence-electron chi connectivity index (χ0n) is 6.29. The first-order valence-corrected chi connectivity index (χ1v) is 4.22. The van der Waals surface area contributed by atoms with Gasteiger partial charge in [0.25, 0.3) is 0 Å². The molecule has 2 bridgehead atoms.